The minimum Gasteiger partial charge on any atom is -0.496 e. The Hall–Kier alpha value is -3.02. The summed E-state index contributed by atoms with van der Waals surface area (Å²) in [7, 11) is 1.55. The molecule has 1 aromatic heterocycles. The van der Waals surface area contributed by atoms with Crippen LogP contribution in [0, 0.1) is 6.92 Å². The number of nitrogens with one attached hydrogen (secondary N) is 1. The molecule has 0 saturated heterocycles. The molecule has 0 aliphatic carbocycles. The van der Waals surface area contributed by atoms with Crippen LogP contribution in [0.25, 0.3) is 22.6 Å². The third-order valence-electron chi connectivity index (χ3n) is 4.47. The molecule has 146 valence electrons. The summed E-state index contributed by atoms with van der Waals surface area (Å²) >= 11 is 12.0. The Morgan fingerprint density at radius 1 is 1.07 bits per heavy atom. The van der Waals surface area contributed by atoms with Crippen LogP contribution in [0.15, 0.2) is 59.0 Å². The van der Waals surface area contributed by atoms with Gasteiger partial charge in [-0.1, -0.05) is 35.3 Å². The molecule has 29 heavy (non-hydrogen) atoms. The monoisotopic (exact) mass is 426 g/mol. The number of aromatic nitrogens is 1. The molecule has 0 unspecified atom stereocenters. The van der Waals surface area contributed by atoms with Gasteiger partial charge in [-0.3, -0.25) is 4.79 Å². The maximum absolute atomic E-state index is 12.7. The lowest BCUT2D eigenvalue weighted by atomic mass is 10.1. The number of hydrogen-bond acceptors (Lipinski definition) is 4. The van der Waals surface area contributed by atoms with Crippen LogP contribution in [0.2, 0.25) is 10.0 Å². The van der Waals surface area contributed by atoms with Gasteiger partial charge >= 0.3 is 0 Å². The number of para-hydroxylation sites is 1. The molecular weight excluding hydrogens is 411 g/mol. The Kier molecular flexibility index (Phi) is 5.18. The number of rotatable bonds is 4. The standard InChI is InChI=1S/C22H16Cl2N2O3/c1-12-4-3-5-15(20(12)28-2)21(27)25-14-7-9-19-18(11-14)26-22(29-19)13-6-8-16(23)17(24)10-13/h3-11H,1-2H3,(H,25,27). The molecule has 1 heterocycles. The quantitative estimate of drug-likeness (QED) is 0.411. The molecule has 5 nitrogen and oxygen atoms in total. The normalized spacial score (nSPS) is 10.9. The predicted molar refractivity (Wildman–Crippen MR) is 115 cm³/mol. The van der Waals surface area contributed by atoms with Crippen LogP contribution in [0.4, 0.5) is 5.69 Å². The van der Waals surface area contributed by atoms with Gasteiger partial charge in [0.25, 0.3) is 5.91 Å². The Labute approximate surface area is 177 Å². The van der Waals surface area contributed by atoms with Crippen molar-refractivity contribution in [2.45, 2.75) is 6.92 Å². The van der Waals surface area contributed by atoms with Gasteiger partial charge in [-0.15, -0.1) is 0 Å². The minimum absolute atomic E-state index is 0.266. The number of amides is 1. The predicted octanol–water partition coefficient (Wildman–Crippen LogP) is 6.37. The lowest BCUT2D eigenvalue weighted by molar-refractivity contribution is 0.102. The molecule has 7 heteroatoms. The maximum Gasteiger partial charge on any atom is 0.259 e. The Balaban J connectivity index is 1.63. The topological polar surface area (TPSA) is 64.4 Å². The molecule has 4 rings (SSSR count). The first-order valence-corrected chi connectivity index (χ1v) is 9.53. The number of anilines is 1. The Morgan fingerprint density at radius 2 is 1.90 bits per heavy atom. The van der Waals surface area contributed by atoms with Gasteiger partial charge in [-0.25, -0.2) is 4.98 Å². The van der Waals surface area contributed by atoms with Crippen LogP contribution in [0.3, 0.4) is 0 Å². The second kappa shape index (κ2) is 7.78. The summed E-state index contributed by atoms with van der Waals surface area (Å²) in [5, 5.41) is 3.76. The van der Waals surface area contributed by atoms with Gasteiger partial charge in [0.05, 0.1) is 22.7 Å². The minimum atomic E-state index is -0.266. The summed E-state index contributed by atoms with van der Waals surface area (Å²) in [6, 6.07) is 15.9. The molecule has 0 spiro atoms. The number of hydrogen-bond donors (Lipinski definition) is 1. The van der Waals surface area contributed by atoms with Gasteiger partial charge in [0.2, 0.25) is 5.89 Å². The molecule has 0 fully saturated rings. The van der Waals surface area contributed by atoms with Crippen molar-refractivity contribution in [3.63, 3.8) is 0 Å². The summed E-state index contributed by atoms with van der Waals surface area (Å²) in [4.78, 5) is 17.2. The van der Waals surface area contributed by atoms with E-state index in [1.165, 1.54) is 0 Å². The van der Waals surface area contributed by atoms with E-state index in [4.69, 9.17) is 32.4 Å². The van der Waals surface area contributed by atoms with Gasteiger partial charge in [0.15, 0.2) is 5.58 Å². The van der Waals surface area contributed by atoms with E-state index in [-0.39, 0.29) is 5.91 Å². The van der Waals surface area contributed by atoms with E-state index in [0.29, 0.717) is 49.6 Å². The van der Waals surface area contributed by atoms with Crippen molar-refractivity contribution in [3.8, 4) is 17.2 Å². The van der Waals surface area contributed by atoms with E-state index in [1.807, 2.05) is 19.1 Å². The largest absolute Gasteiger partial charge is 0.496 e. The van der Waals surface area contributed by atoms with E-state index < -0.39 is 0 Å². The number of carbonyl (C=O) groups is 1. The number of fused-ring (bicyclic) bond motifs is 1. The number of methoxy groups -OCH3 is 1. The van der Waals surface area contributed by atoms with Crippen LogP contribution in [-0.2, 0) is 0 Å². The van der Waals surface area contributed by atoms with Crippen LogP contribution in [0.1, 0.15) is 15.9 Å². The average Bonchev–Trinajstić information content (AvgIpc) is 3.13. The zero-order chi connectivity index (χ0) is 20.5. The first-order valence-electron chi connectivity index (χ1n) is 8.77. The van der Waals surface area contributed by atoms with Crippen LogP contribution in [-0.4, -0.2) is 18.0 Å². The highest BCUT2D eigenvalue weighted by Gasteiger charge is 2.15. The fraction of sp³-hybridized carbons (Fsp3) is 0.0909. The van der Waals surface area contributed by atoms with Gasteiger partial charge in [0, 0.05) is 11.3 Å². The molecule has 1 amide bonds. The summed E-state index contributed by atoms with van der Waals surface area (Å²) in [5.41, 5.74) is 3.87. The van der Waals surface area contributed by atoms with Crippen molar-refractivity contribution in [2.24, 2.45) is 0 Å². The van der Waals surface area contributed by atoms with E-state index in [0.717, 1.165) is 5.56 Å². The molecule has 0 bridgehead atoms. The number of benzene rings is 3. The summed E-state index contributed by atoms with van der Waals surface area (Å²) in [6.45, 7) is 1.89. The molecule has 0 aliphatic rings. The number of oxazole rings is 1. The molecular formula is C22H16Cl2N2O3. The third-order valence-corrected chi connectivity index (χ3v) is 5.21. The van der Waals surface area contributed by atoms with Crippen molar-refractivity contribution in [1.29, 1.82) is 0 Å². The molecule has 1 N–H and O–H groups in total. The molecule has 0 radical (unpaired) electrons. The van der Waals surface area contributed by atoms with Crippen molar-refractivity contribution < 1.29 is 13.9 Å². The van der Waals surface area contributed by atoms with E-state index in [9.17, 15) is 4.79 Å². The number of ether oxygens (including phenoxy) is 1. The summed E-state index contributed by atoms with van der Waals surface area (Å²) in [5.74, 6) is 0.704. The average molecular weight is 427 g/mol. The van der Waals surface area contributed by atoms with Crippen molar-refractivity contribution in [1.82, 2.24) is 4.98 Å². The molecule has 3 aromatic carbocycles. The van der Waals surface area contributed by atoms with Crippen molar-refractivity contribution in [3.05, 3.63) is 75.8 Å². The first-order chi connectivity index (χ1) is 14.0. The molecule has 0 atom stereocenters. The Bertz CT molecular complexity index is 1230. The van der Waals surface area contributed by atoms with Gasteiger partial charge in [-0.2, -0.15) is 0 Å². The van der Waals surface area contributed by atoms with E-state index in [1.54, 1.807) is 49.6 Å². The number of halogens is 2. The van der Waals surface area contributed by atoms with E-state index >= 15 is 0 Å². The smallest absolute Gasteiger partial charge is 0.259 e. The lowest BCUT2D eigenvalue weighted by Crippen LogP contribution is -2.13. The highest BCUT2D eigenvalue weighted by atomic mass is 35.5. The molecule has 0 saturated carbocycles. The van der Waals surface area contributed by atoms with Gasteiger partial charge < -0.3 is 14.5 Å². The SMILES string of the molecule is COc1c(C)cccc1C(=O)Nc1ccc2oc(-c3ccc(Cl)c(Cl)c3)nc2c1. The van der Waals surface area contributed by atoms with Gasteiger partial charge in [0.1, 0.15) is 11.3 Å². The fourth-order valence-electron chi connectivity index (χ4n) is 3.06. The highest BCUT2D eigenvalue weighted by molar-refractivity contribution is 6.42. The zero-order valence-electron chi connectivity index (χ0n) is 15.6. The van der Waals surface area contributed by atoms with Crippen molar-refractivity contribution in [2.75, 3.05) is 12.4 Å². The summed E-state index contributed by atoms with van der Waals surface area (Å²) in [6.07, 6.45) is 0. The first kappa shape index (κ1) is 19.3. The van der Waals surface area contributed by atoms with Crippen LogP contribution < -0.4 is 10.1 Å². The van der Waals surface area contributed by atoms with E-state index in [2.05, 4.69) is 10.3 Å². The third kappa shape index (κ3) is 3.79. The van der Waals surface area contributed by atoms with Gasteiger partial charge in [-0.05, 0) is 55.0 Å². The second-order valence-electron chi connectivity index (χ2n) is 6.44. The fourth-order valence-corrected chi connectivity index (χ4v) is 3.36. The number of carbonyl (C=O) groups excluding carboxylic acids is 1. The Morgan fingerprint density at radius 3 is 2.66 bits per heavy atom. The van der Waals surface area contributed by atoms with Crippen LogP contribution >= 0.6 is 23.2 Å². The highest BCUT2D eigenvalue weighted by Crippen LogP contribution is 2.31. The van der Waals surface area contributed by atoms with Crippen LogP contribution in [0.5, 0.6) is 5.75 Å². The second-order valence-corrected chi connectivity index (χ2v) is 7.25. The lowest BCUT2D eigenvalue weighted by Gasteiger charge is -2.11. The van der Waals surface area contributed by atoms with Crippen molar-refractivity contribution >= 4 is 45.9 Å². The molecule has 0 aliphatic heterocycles. The summed E-state index contributed by atoms with van der Waals surface area (Å²) < 4.78 is 11.2. The zero-order valence-corrected chi connectivity index (χ0v) is 17.1. The number of nitrogens with zero attached hydrogens (tertiary/aromatic N) is 1. The maximum atomic E-state index is 12.7. The molecule has 4 aromatic rings. The number of aryl methyl sites for hydroxylation is 1.